The second-order valence-electron chi connectivity index (χ2n) is 2.92. The van der Waals surface area contributed by atoms with Crippen molar-refractivity contribution in [3.05, 3.63) is 16.1 Å². The predicted molar refractivity (Wildman–Crippen MR) is 66.5 cm³/mol. The summed E-state index contributed by atoms with van der Waals surface area (Å²) in [6.07, 6.45) is 0.648. The van der Waals surface area contributed by atoms with Gasteiger partial charge in [-0.05, 0) is 6.54 Å². The second-order valence-corrected chi connectivity index (χ2v) is 3.87. The van der Waals surface area contributed by atoms with Crippen LogP contribution in [-0.4, -0.2) is 37.1 Å². The van der Waals surface area contributed by atoms with Crippen LogP contribution in [0.15, 0.2) is 5.38 Å². The lowest BCUT2D eigenvalue weighted by Gasteiger charge is -2.00. The van der Waals surface area contributed by atoms with Gasteiger partial charge in [0.05, 0.1) is 12.1 Å². The smallest absolute Gasteiger partial charge is 0.325 e. The zero-order valence-corrected chi connectivity index (χ0v) is 10.9. The van der Waals surface area contributed by atoms with Crippen molar-refractivity contribution in [3.8, 4) is 0 Å². The molecule has 0 saturated carbocycles. The number of carbonyl (C=O) groups excluding carboxylic acids is 2. The van der Waals surface area contributed by atoms with E-state index in [1.54, 1.807) is 5.38 Å². The number of nitrogens with zero attached hydrogens (tertiary/aromatic N) is 1. The van der Waals surface area contributed by atoms with Gasteiger partial charge < -0.3 is 15.8 Å². The van der Waals surface area contributed by atoms with E-state index in [9.17, 15) is 9.59 Å². The third-order valence-corrected chi connectivity index (χ3v) is 2.67. The van der Waals surface area contributed by atoms with E-state index in [2.05, 4.69) is 15.0 Å². The van der Waals surface area contributed by atoms with Crippen LogP contribution in [0.4, 0.5) is 0 Å². The van der Waals surface area contributed by atoms with Crippen LogP contribution in [0.5, 0.6) is 0 Å². The number of thiazole rings is 1. The number of hydrogen-bond acceptors (Lipinski definition) is 6. The normalized spacial score (nSPS) is 9.29. The molecule has 0 atom stereocenters. The van der Waals surface area contributed by atoms with Gasteiger partial charge in [0.1, 0.15) is 12.2 Å². The Morgan fingerprint density at radius 1 is 1.59 bits per heavy atom. The van der Waals surface area contributed by atoms with Crippen molar-refractivity contribution in [1.29, 1.82) is 0 Å². The van der Waals surface area contributed by atoms with E-state index >= 15 is 0 Å². The first-order chi connectivity index (χ1) is 7.67. The van der Waals surface area contributed by atoms with Crippen LogP contribution in [-0.2, 0) is 16.0 Å². The van der Waals surface area contributed by atoms with E-state index < -0.39 is 5.97 Å². The minimum atomic E-state index is -0.495. The summed E-state index contributed by atoms with van der Waals surface area (Å²) in [7, 11) is 1.26. The topological polar surface area (TPSA) is 94.3 Å². The first-order valence-electron chi connectivity index (χ1n) is 4.67. The minimum absolute atomic E-state index is 0. The highest BCUT2D eigenvalue weighted by molar-refractivity contribution is 7.09. The van der Waals surface area contributed by atoms with Crippen molar-refractivity contribution in [2.45, 2.75) is 6.42 Å². The zero-order chi connectivity index (χ0) is 12.0. The summed E-state index contributed by atoms with van der Waals surface area (Å²) in [4.78, 5) is 26.3. The summed E-state index contributed by atoms with van der Waals surface area (Å²) in [5.41, 5.74) is 5.67. The molecule has 0 aliphatic rings. The number of esters is 1. The molecule has 1 aromatic heterocycles. The Balaban J connectivity index is 0.00000256. The summed E-state index contributed by atoms with van der Waals surface area (Å²) in [6.45, 7) is 0.343. The number of halogens is 1. The molecule has 1 amide bonds. The fourth-order valence-corrected chi connectivity index (χ4v) is 1.76. The SMILES string of the molecule is COC(=O)CNC(=O)c1csc(CCN)n1.Cl. The minimum Gasteiger partial charge on any atom is -0.468 e. The van der Waals surface area contributed by atoms with E-state index in [-0.39, 0.29) is 24.9 Å². The number of amides is 1. The molecular formula is C9H14ClN3O3S. The Labute approximate surface area is 109 Å². The molecule has 1 heterocycles. The molecular weight excluding hydrogens is 266 g/mol. The molecule has 3 N–H and O–H groups in total. The summed E-state index contributed by atoms with van der Waals surface area (Å²) < 4.78 is 4.39. The molecule has 1 aromatic rings. The van der Waals surface area contributed by atoms with Gasteiger partial charge in [0.15, 0.2) is 0 Å². The van der Waals surface area contributed by atoms with E-state index in [1.807, 2.05) is 0 Å². The Morgan fingerprint density at radius 2 is 2.29 bits per heavy atom. The molecule has 0 fully saturated rings. The molecule has 0 aliphatic heterocycles. The van der Waals surface area contributed by atoms with Gasteiger partial charge in [-0.25, -0.2) is 4.98 Å². The average molecular weight is 280 g/mol. The molecule has 96 valence electrons. The van der Waals surface area contributed by atoms with Gasteiger partial charge in [0, 0.05) is 11.8 Å². The number of hydrogen-bond donors (Lipinski definition) is 2. The van der Waals surface area contributed by atoms with E-state index in [4.69, 9.17) is 5.73 Å². The first-order valence-corrected chi connectivity index (χ1v) is 5.54. The highest BCUT2D eigenvalue weighted by Crippen LogP contribution is 2.09. The van der Waals surface area contributed by atoms with Gasteiger partial charge >= 0.3 is 5.97 Å². The number of methoxy groups -OCH3 is 1. The largest absolute Gasteiger partial charge is 0.468 e. The maximum Gasteiger partial charge on any atom is 0.325 e. The molecule has 17 heavy (non-hydrogen) atoms. The first kappa shape index (κ1) is 15.8. The van der Waals surface area contributed by atoms with Crippen molar-refractivity contribution >= 4 is 35.6 Å². The fourth-order valence-electron chi connectivity index (χ4n) is 0.969. The van der Waals surface area contributed by atoms with Gasteiger partial charge in [-0.1, -0.05) is 0 Å². The van der Waals surface area contributed by atoms with Crippen molar-refractivity contribution < 1.29 is 14.3 Å². The average Bonchev–Trinajstić information content (AvgIpc) is 2.74. The molecule has 0 aromatic carbocycles. The van der Waals surface area contributed by atoms with Gasteiger partial charge in [-0.15, -0.1) is 23.7 Å². The van der Waals surface area contributed by atoms with Crippen LogP contribution in [0, 0.1) is 0 Å². The maximum absolute atomic E-state index is 11.5. The third kappa shape index (κ3) is 5.12. The maximum atomic E-state index is 11.5. The lowest BCUT2D eigenvalue weighted by atomic mass is 10.4. The third-order valence-electron chi connectivity index (χ3n) is 1.76. The molecule has 0 spiro atoms. The lowest BCUT2D eigenvalue weighted by Crippen LogP contribution is -2.30. The summed E-state index contributed by atoms with van der Waals surface area (Å²) in [6, 6.07) is 0. The lowest BCUT2D eigenvalue weighted by molar-refractivity contribution is -0.139. The van der Waals surface area contributed by atoms with Crippen LogP contribution < -0.4 is 11.1 Å². The summed E-state index contributed by atoms with van der Waals surface area (Å²) in [5.74, 6) is -0.879. The van der Waals surface area contributed by atoms with Crippen LogP contribution in [0.1, 0.15) is 15.5 Å². The molecule has 8 heteroatoms. The molecule has 0 unspecified atom stereocenters. The summed E-state index contributed by atoms with van der Waals surface area (Å²) >= 11 is 1.37. The highest BCUT2D eigenvalue weighted by atomic mass is 35.5. The molecule has 0 aliphatic carbocycles. The number of carbonyl (C=O) groups is 2. The molecule has 6 nitrogen and oxygen atoms in total. The van der Waals surface area contributed by atoms with Gasteiger partial charge in [0.25, 0.3) is 5.91 Å². The van der Waals surface area contributed by atoms with Crippen LogP contribution >= 0.6 is 23.7 Å². The number of ether oxygens (including phenoxy) is 1. The van der Waals surface area contributed by atoms with Gasteiger partial charge in [0.2, 0.25) is 0 Å². The van der Waals surface area contributed by atoms with Gasteiger partial charge in [-0.3, -0.25) is 9.59 Å². The van der Waals surface area contributed by atoms with Crippen molar-refractivity contribution in [1.82, 2.24) is 10.3 Å². The number of rotatable bonds is 5. The van der Waals surface area contributed by atoms with Crippen molar-refractivity contribution in [3.63, 3.8) is 0 Å². The number of nitrogens with two attached hydrogens (primary N) is 1. The van der Waals surface area contributed by atoms with Crippen LogP contribution in [0.3, 0.4) is 0 Å². The quantitative estimate of drug-likeness (QED) is 0.738. The molecule has 0 bridgehead atoms. The highest BCUT2D eigenvalue weighted by Gasteiger charge is 2.11. The summed E-state index contributed by atoms with van der Waals surface area (Å²) in [5, 5.41) is 4.85. The number of nitrogens with one attached hydrogen (secondary N) is 1. The monoisotopic (exact) mass is 279 g/mol. The molecule has 0 saturated heterocycles. The fraction of sp³-hybridized carbons (Fsp3) is 0.444. The number of aromatic nitrogens is 1. The van der Waals surface area contributed by atoms with E-state index in [1.165, 1.54) is 18.4 Å². The van der Waals surface area contributed by atoms with Crippen molar-refractivity contribution in [2.75, 3.05) is 20.2 Å². The Hall–Kier alpha value is -1.18. The standard InChI is InChI=1S/C9H13N3O3S.ClH/c1-15-8(13)4-11-9(14)6-5-16-7(12-6)2-3-10;/h5H,2-4,10H2,1H3,(H,11,14);1H. The Kier molecular flexibility index (Phi) is 7.44. The Morgan fingerprint density at radius 3 is 2.88 bits per heavy atom. The second kappa shape index (κ2) is 7.99. The van der Waals surface area contributed by atoms with Gasteiger partial charge in [-0.2, -0.15) is 0 Å². The van der Waals surface area contributed by atoms with E-state index in [0.29, 0.717) is 18.7 Å². The molecule has 0 radical (unpaired) electrons. The predicted octanol–water partition coefficient (Wildman–Crippen LogP) is -0.0311. The van der Waals surface area contributed by atoms with Crippen LogP contribution in [0.25, 0.3) is 0 Å². The zero-order valence-electron chi connectivity index (χ0n) is 9.26. The van der Waals surface area contributed by atoms with E-state index in [0.717, 1.165) is 5.01 Å². The van der Waals surface area contributed by atoms with Crippen LogP contribution in [0.2, 0.25) is 0 Å². The Bertz CT molecular complexity index is 383. The molecule has 1 rings (SSSR count). The van der Waals surface area contributed by atoms with Crippen molar-refractivity contribution in [2.24, 2.45) is 5.73 Å².